The molecule has 35 heavy (non-hydrogen) atoms. The Kier molecular flexibility index (Phi) is 6.38. The fourth-order valence-corrected chi connectivity index (χ4v) is 3.30. The molecule has 0 radical (unpaired) electrons. The molecule has 1 aromatic heterocycles. The molecule has 1 heterocycles. The number of hydrogen-bond acceptors (Lipinski definition) is 6. The van der Waals surface area contributed by atoms with E-state index >= 15 is 0 Å². The molecule has 8 nitrogen and oxygen atoms in total. The minimum Gasteiger partial charge on any atom is -0.457 e. The van der Waals surface area contributed by atoms with E-state index in [1.54, 1.807) is 18.2 Å². The van der Waals surface area contributed by atoms with E-state index in [-0.39, 0.29) is 29.3 Å². The van der Waals surface area contributed by atoms with Crippen LogP contribution in [-0.4, -0.2) is 27.3 Å². The number of ether oxygens (including phenoxy) is 1. The van der Waals surface area contributed by atoms with Crippen molar-refractivity contribution < 1.29 is 27.5 Å². The van der Waals surface area contributed by atoms with Crippen LogP contribution in [0.2, 0.25) is 0 Å². The highest BCUT2D eigenvalue weighted by Gasteiger charge is 2.51. The molecule has 3 aromatic rings. The minimum absolute atomic E-state index is 0.127. The van der Waals surface area contributed by atoms with Gasteiger partial charge in [-0.2, -0.15) is 18.4 Å². The zero-order valence-electron chi connectivity index (χ0n) is 18.1. The van der Waals surface area contributed by atoms with Gasteiger partial charge < -0.3 is 15.4 Å². The van der Waals surface area contributed by atoms with Crippen molar-refractivity contribution in [3.8, 4) is 17.6 Å². The summed E-state index contributed by atoms with van der Waals surface area (Å²) in [6.07, 6.45) is 0.319. The number of halogens is 3. The smallest absolute Gasteiger partial charge is 0.420 e. The van der Waals surface area contributed by atoms with Crippen LogP contribution in [0.5, 0.6) is 11.5 Å². The van der Waals surface area contributed by atoms with Crippen molar-refractivity contribution in [2.24, 2.45) is 0 Å². The van der Waals surface area contributed by atoms with E-state index in [4.69, 9.17) is 10.00 Å². The quantitative estimate of drug-likeness (QED) is 0.531. The molecule has 178 valence electrons. The van der Waals surface area contributed by atoms with E-state index in [1.165, 1.54) is 36.9 Å². The molecule has 1 aliphatic rings. The molecule has 0 atom stereocenters. The summed E-state index contributed by atoms with van der Waals surface area (Å²) in [7, 11) is 0. The van der Waals surface area contributed by atoms with Gasteiger partial charge in [-0.3, -0.25) is 9.59 Å². The molecule has 1 aliphatic carbocycles. The summed E-state index contributed by atoms with van der Waals surface area (Å²) in [6.45, 7) is 0.149. The molecule has 4 rings (SSSR count). The Morgan fingerprint density at radius 3 is 2.37 bits per heavy atom. The van der Waals surface area contributed by atoms with Crippen molar-refractivity contribution in [1.82, 2.24) is 20.6 Å². The maximum Gasteiger partial charge on any atom is 0.420 e. The first-order valence-electron chi connectivity index (χ1n) is 10.4. The number of benzene rings is 2. The molecule has 0 spiro atoms. The second kappa shape index (κ2) is 9.42. The van der Waals surface area contributed by atoms with Crippen LogP contribution in [0.1, 0.15) is 39.9 Å². The predicted octanol–water partition coefficient (Wildman–Crippen LogP) is 3.74. The molecule has 11 heteroatoms. The second-order valence-corrected chi connectivity index (χ2v) is 7.91. The largest absolute Gasteiger partial charge is 0.457 e. The summed E-state index contributed by atoms with van der Waals surface area (Å²) in [5.74, 6) is -1.05. The van der Waals surface area contributed by atoms with Crippen molar-refractivity contribution in [3.63, 3.8) is 0 Å². The van der Waals surface area contributed by atoms with Gasteiger partial charge in [0.25, 0.3) is 5.91 Å². The summed E-state index contributed by atoms with van der Waals surface area (Å²) in [5.41, 5.74) is -1.23. The van der Waals surface area contributed by atoms with Crippen molar-refractivity contribution >= 4 is 11.8 Å². The maximum absolute atomic E-state index is 13.3. The summed E-state index contributed by atoms with van der Waals surface area (Å²) in [4.78, 5) is 32.5. The molecule has 0 aliphatic heterocycles. The first kappa shape index (κ1) is 23.7. The van der Waals surface area contributed by atoms with Gasteiger partial charge in [-0.25, -0.2) is 9.97 Å². The van der Waals surface area contributed by atoms with Crippen LogP contribution in [0.25, 0.3) is 0 Å². The van der Waals surface area contributed by atoms with E-state index in [9.17, 15) is 22.8 Å². The van der Waals surface area contributed by atoms with Gasteiger partial charge in [-0.1, -0.05) is 12.1 Å². The average molecular weight is 481 g/mol. The first-order valence-corrected chi connectivity index (χ1v) is 10.4. The van der Waals surface area contributed by atoms with E-state index in [0.717, 1.165) is 12.1 Å². The van der Waals surface area contributed by atoms with Crippen molar-refractivity contribution in [1.29, 1.82) is 5.26 Å². The Hall–Kier alpha value is -4.46. The number of amides is 2. The van der Waals surface area contributed by atoms with Crippen LogP contribution in [-0.2, 0) is 17.5 Å². The summed E-state index contributed by atoms with van der Waals surface area (Å²) in [5, 5.41) is 14.3. The zero-order valence-corrected chi connectivity index (χ0v) is 18.1. The predicted molar refractivity (Wildman–Crippen MR) is 116 cm³/mol. The third kappa shape index (κ3) is 5.55. The highest BCUT2D eigenvalue weighted by molar-refractivity contribution is 6.00. The van der Waals surface area contributed by atoms with E-state index in [0.29, 0.717) is 18.4 Å². The molecule has 2 N–H and O–H groups in total. The molecular formula is C24H18F3N5O3. The molecule has 1 fully saturated rings. The number of nitrogens with zero attached hydrogens (tertiary/aromatic N) is 3. The summed E-state index contributed by atoms with van der Waals surface area (Å²) >= 11 is 0. The fourth-order valence-electron chi connectivity index (χ4n) is 3.30. The first-order chi connectivity index (χ1) is 16.7. The molecule has 0 bridgehead atoms. The van der Waals surface area contributed by atoms with Crippen LogP contribution in [0.15, 0.2) is 61.2 Å². The van der Waals surface area contributed by atoms with Gasteiger partial charge >= 0.3 is 6.18 Å². The Balaban J connectivity index is 1.36. The standard InChI is InChI=1S/C24H18F3N5O3/c25-24(26,27)19-9-16(10-28)3-6-20(19)35-18-4-1-15(2-5-18)11-31-22(34)23(7-8-23)32-21(33)17-12-29-14-30-13-17/h1-6,9,12-14H,7-8,11H2,(H,31,34)(H,32,33). The highest BCUT2D eigenvalue weighted by Crippen LogP contribution is 2.39. The lowest BCUT2D eigenvalue weighted by Crippen LogP contribution is -2.48. The molecule has 0 unspecified atom stereocenters. The second-order valence-electron chi connectivity index (χ2n) is 7.91. The van der Waals surface area contributed by atoms with Gasteiger partial charge in [-0.05, 0) is 48.7 Å². The number of alkyl halides is 3. The van der Waals surface area contributed by atoms with Crippen molar-refractivity contribution in [2.45, 2.75) is 31.1 Å². The lowest BCUT2D eigenvalue weighted by atomic mass is 10.1. The van der Waals surface area contributed by atoms with Crippen LogP contribution in [0.3, 0.4) is 0 Å². The number of nitrogens with one attached hydrogen (secondary N) is 2. The molecule has 1 saturated carbocycles. The van der Waals surface area contributed by atoms with E-state index in [2.05, 4.69) is 20.6 Å². The monoisotopic (exact) mass is 481 g/mol. The zero-order chi connectivity index (χ0) is 25.1. The van der Waals surface area contributed by atoms with Gasteiger partial charge in [0, 0.05) is 18.9 Å². The summed E-state index contributed by atoms with van der Waals surface area (Å²) in [6, 6.07) is 10.9. The Labute approximate surface area is 197 Å². The lowest BCUT2D eigenvalue weighted by Gasteiger charge is -2.17. The van der Waals surface area contributed by atoms with Gasteiger partial charge in [0.1, 0.15) is 23.4 Å². The molecule has 2 amide bonds. The van der Waals surface area contributed by atoms with Gasteiger partial charge in [-0.15, -0.1) is 0 Å². The van der Waals surface area contributed by atoms with Gasteiger partial charge in [0.2, 0.25) is 5.91 Å². The summed E-state index contributed by atoms with van der Waals surface area (Å²) < 4.78 is 45.4. The third-order valence-electron chi connectivity index (χ3n) is 5.38. The third-order valence-corrected chi connectivity index (χ3v) is 5.38. The normalized spacial score (nSPS) is 13.9. The van der Waals surface area contributed by atoms with E-state index < -0.39 is 28.9 Å². The number of nitriles is 1. The van der Waals surface area contributed by atoms with Crippen molar-refractivity contribution in [3.05, 3.63) is 83.4 Å². The Bertz CT molecular complexity index is 1280. The Morgan fingerprint density at radius 1 is 1.09 bits per heavy atom. The lowest BCUT2D eigenvalue weighted by molar-refractivity contribution is -0.138. The minimum atomic E-state index is -4.69. The number of rotatable bonds is 7. The maximum atomic E-state index is 13.3. The van der Waals surface area contributed by atoms with Crippen LogP contribution in [0.4, 0.5) is 13.2 Å². The van der Waals surface area contributed by atoms with Gasteiger partial charge in [0.05, 0.1) is 22.8 Å². The SMILES string of the molecule is N#Cc1ccc(Oc2ccc(CNC(=O)C3(NC(=O)c4cncnc4)CC3)cc2)c(C(F)(F)F)c1. The van der Waals surface area contributed by atoms with Crippen LogP contribution >= 0.6 is 0 Å². The molecular weight excluding hydrogens is 463 g/mol. The number of carbonyl (C=O) groups excluding carboxylic acids is 2. The molecule has 0 saturated heterocycles. The average Bonchev–Trinajstić information content (AvgIpc) is 3.64. The topological polar surface area (TPSA) is 117 Å². The van der Waals surface area contributed by atoms with E-state index in [1.807, 2.05) is 0 Å². The Morgan fingerprint density at radius 2 is 1.77 bits per heavy atom. The van der Waals surface area contributed by atoms with Crippen LogP contribution < -0.4 is 15.4 Å². The van der Waals surface area contributed by atoms with Crippen LogP contribution in [0, 0.1) is 11.3 Å². The number of carbonyl (C=O) groups is 2. The van der Waals surface area contributed by atoms with Crippen molar-refractivity contribution in [2.75, 3.05) is 0 Å². The van der Waals surface area contributed by atoms with Gasteiger partial charge in [0.15, 0.2) is 0 Å². The highest BCUT2D eigenvalue weighted by atomic mass is 19.4. The molecule has 2 aromatic carbocycles. The fraction of sp³-hybridized carbons (Fsp3) is 0.208. The number of aromatic nitrogens is 2. The number of hydrogen-bond donors (Lipinski definition) is 2.